The zero-order valence-corrected chi connectivity index (χ0v) is 14.9. The maximum atomic E-state index is 12.6. The van der Waals surface area contributed by atoms with Gasteiger partial charge in [0.05, 0.1) is 0 Å². The molecule has 0 atom stereocenters. The number of hydrogen-bond donors (Lipinski definition) is 1. The second-order valence-corrected chi connectivity index (χ2v) is 6.10. The van der Waals surface area contributed by atoms with Crippen LogP contribution in [0.5, 0.6) is 11.8 Å². The van der Waals surface area contributed by atoms with E-state index in [2.05, 4.69) is 20.3 Å². The number of ether oxygens (including phenoxy) is 1. The normalized spacial score (nSPS) is 10.7. The van der Waals surface area contributed by atoms with Gasteiger partial charge in [0.15, 0.2) is 0 Å². The third-order valence-corrected chi connectivity index (χ3v) is 4.14. The lowest BCUT2D eigenvalue weighted by atomic mass is 10.2. The first-order chi connectivity index (χ1) is 13.1. The molecule has 3 aromatic heterocycles. The van der Waals surface area contributed by atoms with Crippen molar-refractivity contribution in [1.82, 2.24) is 19.5 Å². The summed E-state index contributed by atoms with van der Waals surface area (Å²) in [6, 6.07) is 12.9. The van der Waals surface area contributed by atoms with Crippen LogP contribution in [-0.4, -0.2) is 25.4 Å². The van der Waals surface area contributed by atoms with Crippen LogP contribution in [0.2, 0.25) is 0 Å². The highest BCUT2D eigenvalue weighted by Gasteiger charge is 2.12. The van der Waals surface area contributed by atoms with E-state index < -0.39 is 0 Å². The summed E-state index contributed by atoms with van der Waals surface area (Å²) in [4.78, 5) is 25.1. The molecular weight excluding hydrogens is 342 g/mol. The molecule has 4 aromatic rings. The lowest BCUT2D eigenvalue weighted by Gasteiger charge is -2.10. The van der Waals surface area contributed by atoms with Crippen LogP contribution < -0.4 is 10.1 Å². The van der Waals surface area contributed by atoms with Crippen molar-refractivity contribution in [3.8, 4) is 11.8 Å². The van der Waals surface area contributed by atoms with Gasteiger partial charge in [0.25, 0.3) is 5.91 Å². The van der Waals surface area contributed by atoms with E-state index in [1.54, 1.807) is 30.6 Å². The molecule has 0 fully saturated rings. The average molecular weight is 361 g/mol. The van der Waals surface area contributed by atoms with Crippen molar-refractivity contribution in [2.75, 3.05) is 5.32 Å². The standard InChI is InChI=1S/C20H17N5O2.H2/c1-13-4-6-15(12-17(13)27-20-21-9-3-10-22-20)23-19(26)16-7-5-14-8-11-25(2)18(14)24-16;/h3-12H,1-2H3,(H,23,26);1H. The zero-order valence-electron chi connectivity index (χ0n) is 14.9. The summed E-state index contributed by atoms with van der Waals surface area (Å²) in [5, 5.41) is 3.85. The second-order valence-electron chi connectivity index (χ2n) is 6.10. The minimum atomic E-state index is -0.288. The van der Waals surface area contributed by atoms with Gasteiger partial charge in [-0.05, 0) is 42.8 Å². The summed E-state index contributed by atoms with van der Waals surface area (Å²) >= 11 is 0. The number of carbonyl (C=O) groups excluding carboxylic acids is 1. The van der Waals surface area contributed by atoms with Gasteiger partial charge in [0.2, 0.25) is 0 Å². The van der Waals surface area contributed by atoms with E-state index in [0.717, 1.165) is 16.6 Å². The number of benzene rings is 1. The quantitative estimate of drug-likeness (QED) is 0.595. The van der Waals surface area contributed by atoms with Gasteiger partial charge >= 0.3 is 6.01 Å². The number of fused-ring (bicyclic) bond motifs is 1. The molecule has 3 heterocycles. The van der Waals surface area contributed by atoms with Gasteiger partial charge < -0.3 is 14.6 Å². The molecule has 1 N–H and O–H groups in total. The summed E-state index contributed by atoms with van der Waals surface area (Å²) in [6.07, 6.45) is 5.12. The molecule has 4 rings (SSSR count). The lowest BCUT2D eigenvalue weighted by Crippen LogP contribution is -2.14. The fraction of sp³-hybridized carbons (Fsp3) is 0.100. The Morgan fingerprint density at radius 2 is 1.96 bits per heavy atom. The lowest BCUT2D eigenvalue weighted by molar-refractivity contribution is 0.102. The minimum Gasteiger partial charge on any atom is -0.424 e. The molecule has 0 bridgehead atoms. The Morgan fingerprint density at radius 3 is 2.78 bits per heavy atom. The largest absolute Gasteiger partial charge is 0.424 e. The van der Waals surface area contributed by atoms with Crippen LogP contribution in [0.1, 0.15) is 17.5 Å². The minimum absolute atomic E-state index is 0. The molecule has 1 aromatic carbocycles. The number of nitrogens with one attached hydrogen (secondary N) is 1. The number of nitrogens with zero attached hydrogens (tertiary/aromatic N) is 4. The fourth-order valence-corrected chi connectivity index (χ4v) is 2.68. The summed E-state index contributed by atoms with van der Waals surface area (Å²) in [5.74, 6) is 0.286. The van der Waals surface area contributed by atoms with Crippen LogP contribution in [0.3, 0.4) is 0 Å². The molecule has 0 saturated carbocycles. The van der Waals surface area contributed by atoms with Crippen molar-refractivity contribution in [2.24, 2.45) is 7.05 Å². The van der Waals surface area contributed by atoms with Crippen LogP contribution >= 0.6 is 0 Å². The molecular formula is C20H19N5O2. The Labute approximate surface area is 157 Å². The van der Waals surface area contributed by atoms with Crippen LogP contribution in [0, 0.1) is 6.92 Å². The fourth-order valence-electron chi connectivity index (χ4n) is 2.68. The van der Waals surface area contributed by atoms with E-state index in [1.165, 1.54) is 0 Å². The number of pyridine rings is 1. The SMILES string of the molecule is Cc1ccc(NC(=O)c2ccc3ccn(C)c3n2)cc1Oc1ncccn1.[HH]. The smallest absolute Gasteiger partial charge is 0.321 e. The molecule has 0 radical (unpaired) electrons. The highest BCUT2D eigenvalue weighted by atomic mass is 16.5. The number of rotatable bonds is 4. The van der Waals surface area contributed by atoms with E-state index >= 15 is 0 Å². The zero-order chi connectivity index (χ0) is 18.8. The Balaban J connectivity index is 0.00000225. The van der Waals surface area contributed by atoms with E-state index in [4.69, 9.17) is 4.74 Å². The average Bonchev–Trinajstić information content (AvgIpc) is 3.06. The second kappa shape index (κ2) is 6.87. The molecule has 0 saturated heterocycles. The van der Waals surface area contributed by atoms with Gasteiger partial charge in [-0.25, -0.2) is 15.0 Å². The van der Waals surface area contributed by atoms with Crippen LogP contribution in [-0.2, 0) is 7.05 Å². The van der Waals surface area contributed by atoms with Gasteiger partial charge in [0, 0.05) is 44.2 Å². The van der Waals surface area contributed by atoms with Crippen LogP contribution in [0.4, 0.5) is 5.69 Å². The number of amides is 1. The van der Waals surface area contributed by atoms with E-state index in [0.29, 0.717) is 17.1 Å². The first-order valence-corrected chi connectivity index (χ1v) is 8.39. The van der Waals surface area contributed by atoms with Gasteiger partial charge in [-0.15, -0.1) is 0 Å². The maximum absolute atomic E-state index is 12.6. The summed E-state index contributed by atoms with van der Waals surface area (Å²) in [7, 11) is 1.90. The number of hydrogen-bond acceptors (Lipinski definition) is 5. The van der Waals surface area contributed by atoms with Crippen molar-refractivity contribution >= 4 is 22.6 Å². The van der Waals surface area contributed by atoms with Crippen LogP contribution in [0.25, 0.3) is 11.0 Å². The maximum Gasteiger partial charge on any atom is 0.321 e. The Hall–Kier alpha value is -3.74. The predicted molar refractivity (Wildman–Crippen MR) is 104 cm³/mol. The van der Waals surface area contributed by atoms with E-state index in [-0.39, 0.29) is 13.3 Å². The van der Waals surface area contributed by atoms with Crippen molar-refractivity contribution in [3.63, 3.8) is 0 Å². The molecule has 0 unspecified atom stereocenters. The molecule has 27 heavy (non-hydrogen) atoms. The summed E-state index contributed by atoms with van der Waals surface area (Å²) < 4.78 is 7.59. The van der Waals surface area contributed by atoms with Gasteiger partial charge in [-0.3, -0.25) is 4.79 Å². The van der Waals surface area contributed by atoms with Gasteiger partial charge in [0.1, 0.15) is 17.1 Å². The van der Waals surface area contributed by atoms with Gasteiger partial charge in [-0.2, -0.15) is 0 Å². The van der Waals surface area contributed by atoms with Crippen molar-refractivity contribution < 1.29 is 11.0 Å². The molecule has 7 nitrogen and oxygen atoms in total. The van der Waals surface area contributed by atoms with Crippen molar-refractivity contribution in [3.05, 3.63) is 72.3 Å². The molecule has 0 aliphatic carbocycles. The number of anilines is 1. The molecule has 136 valence electrons. The number of carbonyl (C=O) groups is 1. The topological polar surface area (TPSA) is 81.9 Å². The van der Waals surface area contributed by atoms with E-state index in [1.807, 2.05) is 49.0 Å². The monoisotopic (exact) mass is 361 g/mol. The molecule has 0 aliphatic rings. The van der Waals surface area contributed by atoms with Crippen molar-refractivity contribution in [1.29, 1.82) is 0 Å². The molecule has 0 spiro atoms. The molecule has 0 aliphatic heterocycles. The summed E-state index contributed by atoms with van der Waals surface area (Å²) in [6.45, 7) is 1.91. The van der Waals surface area contributed by atoms with Crippen molar-refractivity contribution in [2.45, 2.75) is 6.92 Å². The number of aromatic nitrogens is 4. The predicted octanol–water partition coefficient (Wildman–Crippen LogP) is 3.96. The summed E-state index contributed by atoms with van der Waals surface area (Å²) in [5.41, 5.74) is 2.62. The first kappa shape index (κ1) is 16.7. The first-order valence-electron chi connectivity index (χ1n) is 8.39. The highest BCUT2D eigenvalue weighted by Crippen LogP contribution is 2.26. The highest BCUT2D eigenvalue weighted by molar-refractivity contribution is 6.04. The Kier molecular flexibility index (Phi) is 4.25. The molecule has 7 heteroatoms. The number of aryl methyl sites for hydroxylation is 2. The third kappa shape index (κ3) is 3.48. The third-order valence-electron chi connectivity index (χ3n) is 4.14. The molecule has 1 amide bonds. The van der Waals surface area contributed by atoms with E-state index in [9.17, 15) is 4.79 Å². The Bertz CT molecular complexity index is 1130. The van der Waals surface area contributed by atoms with Crippen LogP contribution in [0.15, 0.2) is 61.1 Å². The Morgan fingerprint density at radius 1 is 1.15 bits per heavy atom. The van der Waals surface area contributed by atoms with Gasteiger partial charge in [-0.1, -0.05) is 6.07 Å².